The lowest BCUT2D eigenvalue weighted by molar-refractivity contribution is -0.142. The predicted molar refractivity (Wildman–Crippen MR) is 193 cm³/mol. The van der Waals surface area contributed by atoms with Gasteiger partial charge in [-0.25, -0.2) is 4.79 Å². The quantitative estimate of drug-likeness (QED) is 0.169. The van der Waals surface area contributed by atoms with Crippen LogP contribution < -0.4 is 26.7 Å². The van der Waals surface area contributed by atoms with Gasteiger partial charge in [-0.15, -0.1) is 0 Å². The highest BCUT2D eigenvalue weighted by Crippen LogP contribution is 2.23. The summed E-state index contributed by atoms with van der Waals surface area (Å²) in [5.41, 5.74) is 9.71. The Morgan fingerprint density at radius 3 is 1.86 bits per heavy atom. The molecule has 0 amide bonds. The molecule has 8 bridgehead atoms. The van der Waals surface area contributed by atoms with Crippen LogP contribution in [0, 0.1) is 0 Å². The van der Waals surface area contributed by atoms with Gasteiger partial charge in [0.15, 0.2) is 0 Å². The maximum atomic E-state index is 13.3. The average molecular weight is 642 g/mol. The molecule has 0 radical (unpaired) electrons. The van der Waals surface area contributed by atoms with Crippen LogP contribution in [0.3, 0.4) is 0 Å². The third-order valence-electron chi connectivity index (χ3n) is 8.93. The van der Waals surface area contributed by atoms with E-state index in [0.29, 0.717) is 6.42 Å². The van der Waals surface area contributed by atoms with Gasteiger partial charge in [0.25, 0.3) is 0 Å². The van der Waals surface area contributed by atoms with E-state index in [1.54, 1.807) is 0 Å². The number of fused-ring (bicyclic) bond motifs is 8. The molecule has 3 aromatic carbocycles. The molecule has 7 nitrogen and oxygen atoms in total. The first-order valence-electron chi connectivity index (χ1n) is 16.4. The molecule has 7 aromatic rings. The predicted octanol–water partition coefficient (Wildman–Crippen LogP) is 4.17. The lowest BCUT2D eigenvalue weighted by atomic mass is 10.0. The highest BCUT2D eigenvalue weighted by atomic mass is 16.5. The summed E-state index contributed by atoms with van der Waals surface area (Å²) >= 11 is 0. The van der Waals surface area contributed by atoms with Gasteiger partial charge in [0.1, 0.15) is 6.04 Å². The van der Waals surface area contributed by atoms with Crippen molar-refractivity contribution >= 4 is 28.9 Å². The molecule has 5 N–H and O–H groups in total. The number of hydrogen-bond acceptors (Lipinski definition) is 3. The SMILES string of the molecule is COC(=O)[C@@H](Cc1ccccc1)NC1=c2ccc([nH]2)=C(c2ccccc2)c2ccc([nH]2)C=c2ccc([nH]2)=C(c2ccccc2)c2ccc1[nH]2. The number of nitrogens with one attached hydrogen (secondary N) is 5. The fourth-order valence-corrected chi connectivity index (χ4v) is 6.61. The summed E-state index contributed by atoms with van der Waals surface area (Å²) < 4.78 is 5.32. The molecule has 0 saturated heterocycles. The summed E-state index contributed by atoms with van der Waals surface area (Å²) in [5, 5.41) is 7.32. The summed E-state index contributed by atoms with van der Waals surface area (Å²) in [5.74, 6) is -0.343. The van der Waals surface area contributed by atoms with Crippen LogP contribution in [0.25, 0.3) is 22.9 Å². The van der Waals surface area contributed by atoms with Crippen molar-refractivity contribution in [2.75, 3.05) is 7.11 Å². The minimum Gasteiger partial charge on any atom is -0.467 e. The summed E-state index contributed by atoms with van der Waals surface area (Å²) in [6.07, 6.45) is 2.58. The molecule has 1 aliphatic rings. The second kappa shape index (κ2) is 13.0. The molecule has 0 aliphatic carbocycles. The monoisotopic (exact) mass is 641 g/mol. The molecule has 49 heavy (non-hydrogen) atoms. The molecule has 240 valence electrons. The van der Waals surface area contributed by atoms with Gasteiger partial charge >= 0.3 is 5.97 Å². The number of carbonyl (C=O) groups excluding carboxylic acids is 1. The third-order valence-corrected chi connectivity index (χ3v) is 8.93. The zero-order valence-corrected chi connectivity index (χ0v) is 27.0. The van der Waals surface area contributed by atoms with Gasteiger partial charge in [-0.2, -0.15) is 0 Å². The van der Waals surface area contributed by atoms with E-state index in [0.717, 1.165) is 77.7 Å². The first-order chi connectivity index (χ1) is 24.1. The average Bonchev–Trinajstić information content (AvgIpc) is 3.98. The van der Waals surface area contributed by atoms with Gasteiger partial charge in [-0.3, -0.25) is 0 Å². The van der Waals surface area contributed by atoms with Gasteiger partial charge in [0, 0.05) is 50.7 Å². The third kappa shape index (κ3) is 6.05. The molecule has 4 aromatic heterocycles. The normalized spacial score (nSPS) is 13.1. The van der Waals surface area contributed by atoms with Crippen molar-refractivity contribution in [2.45, 2.75) is 12.5 Å². The second-order valence-corrected chi connectivity index (χ2v) is 12.1. The molecule has 8 rings (SSSR count). The van der Waals surface area contributed by atoms with Crippen molar-refractivity contribution in [1.29, 1.82) is 0 Å². The summed E-state index contributed by atoms with van der Waals surface area (Å²) in [6, 6.07) is 46.8. The molecule has 0 unspecified atom stereocenters. The summed E-state index contributed by atoms with van der Waals surface area (Å²) in [7, 11) is 1.43. The molecule has 1 aliphatic heterocycles. The van der Waals surface area contributed by atoms with Crippen LogP contribution >= 0.6 is 0 Å². The van der Waals surface area contributed by atoms with Gasteiger partial charge in [-0.05, 0) is 71.3 Å². The number of benzene rings is 3. The minimum atomic E-state index is -0.644. The number of aromatic nitrogens is 4. The molecule has 7 heteroatoms. The Bertz CT molecular complexity index is 2500. The fourth-order valence-electron chi connectivity index (χ4n) is 6.61. The van der Waals surface area contributed by atoms with E-state index < -0.39 is 6.04 Å². The Labute approximate surface area is 283 Å². The van der Waals surface area contributed by atoms with Crippen molar-refractivity contribution in [1.82, 2.24) is 25.3 Å². The Balaban J connectivity index is 1.41. The maximum Gasteiger partial charge on any atom is 0.328 e. The molecule has 5 heterocycles. The van der Waals surface area contributed by atoms with Crippen LogP contribution in [-0.4, -0.2) is 39.1 Å². The number of aromatic amines is 4. The zero-order chi connectivity index (χ0) is 33.2. The largest absolute Gasteiger partial charge is 0.467 e. The van der Waals surface area contributed by atoms with Gasteiger partial charge < -0.3 is 30.0 Å². The smallest absolute Gasteiger partial charge is 0.328 e. The summed E-state index contributed by atoms with van der Waals surface area (Å²) in [6.45, 7) is 0. The molecular formula is C42H35N5O2. The highest BCUT2D eigenvalue weighted by Gasteiger charge is 2.23. The fraction of sp³-hybridized carbons (Fsp3) is 0.0714. The van der Waals surface area contributed by atoms with Crippen molar-refractivity contribution in [3.05, 3.63) is 200 Å². The molecule has 0 saturated carbocycles. The van der Waals surface area contributed by atoms with E-state index in [4.69, 9.17) is 4.74 Å². The van der Waals surface area contributed by atoms with E-state index in [-0.39, 0.29) is 5.97 Å². The van der Waals surface area contributed by atoms with Crippen molar-refractivity contribution < 1.29 is 9.53 Å². The Morgan fingerprint density at radius 2 is 1.16 bits per heavy atom. The lowest BCUT2D eigenvalue weighted by Gasteiger charge is -2.19. The maximum absolute atomic E-state index is 13.3. The molecule has 1 atom stereocenters. The number of carbonyl (C=O) groups is 1. The van der Waals surface area contributed by atoms with Crippen LogP contribution in [0.15, 0.2) is 140 Å². The van der Waals surface area contributed by atoms with Gasteiger partial charge in [0.2, 0.25) is 0 Å². The van der Waals surface area contributed by atoms with Crippen LogP contribution in [0.5, 0.6) is 0 Å². The number of hydrogen-bond donors (Lipinski definition) is 5. The van der Waals surface area contributed by atoms with E-state index in [1.807, 2.05) is 66.7 Å². The van der Waals surface area contributed by atoms with Crippen LogP contribution in [0.2, 0.25) is 0 Å². The number of rotatable bonds is 7. The van der Waals surface area contributed by atoms with E-state index in [2.05, 4.69) is 104 Å². The zero-order valence-electron chi connectivity index (χ0n) is 27.0. The molecule has 0 fully saturated rings. The van der Waals surface area contributed by atoms with Gasteiger partial charge in [0.05, 0.1) is 23.8 Å². The van der Waals surface area contributed by atoms with Crippen molar-refractivity contribution in [3.63, 3.8) is 0 Å². The second-order valence-electron chi connectivity index (χ2n) is 12.1. The summed E-state index contributed by atoms with van der Waals surface area (Å²) in [4.78, 5) is 28.0. The van der Waals surface area contributed by atoms with Crippen molar-refractivity contribution in [2.24, 2.45) is 0 Å². The first-order valence-corrected chi connectivity index (χ1v) is 16.4. The number of ether oxygens (including phenoxy) is 1. The van der Waals surface area contributed by atoms with E-state index in [9.17, 15) is 4.79 Å². The van der Waals surface area contributed by atoms with E-state index in [1.165, 1.54) is 7.11 Å². The number of H-pyrrole nitrogens is 4. The minimum absolute atomic E-state index is 0.343. The Hall–Kier alpha value is -6.47. The Morgan fingerprint density at radius 1 is 0.592 bits per heavy atom. The standard InChI is InChI=1S/C42H35N5O2/c1-49-42(48)38(25-27-11-5-2-6-12-27)47-41-36-23-21-34(45-36)39(28-13-7-3-8-14-28)32-19-17-30(43-32)26-31-18-20-33(44-31)40(29-15-9-4-10-16-29)35-22-24-37(41)46-35/h2-24,26,38,43-47H,25H2,1H3/t38-/m1/s1. The molecular weight excluding hydrogens is 606 g/mol. The lowest BCUT2D eigenvalue weighted by Crippen LogP contribution is -2.41. The Kier molecular flexibility index (Phi) is 7.91. The number of methoxy groups -OCH3 is 1. The van der Waals surface area contributed by atoms with E-state index >= 15 is 0 Å². The van der Waals surface area contributed by atoms with Crippen LogP contribution in [0.4, 0.5) is 0 Å². The van der Waals surface area contributed by atoms with Gasteiger partial charge in [-0.1, -0.05) is 91.0 Å². The highest BCUT2D eigenvalue weighted by molar-refractivity contribution is 5.81. The van der Waals surface area contributed by atoms with Crippen molar-refractivity contribution in [3.8, 4) is 0 Å². The van der Waals surface area contributed by atoms with Crippen LogP contribution in [-0.2, 0) is 16.0 Å². The van der Waals surface area contributed by atoms with Crippen LogP contribution in [0.1, 0.15) is 39.5 Å². The number of esters is 1. The topological polar surface area (TPSA) is 101 Å². The molecule has 0 spiro atoms. The first kappa shape index (κ1) is 29.9.